The van der Waals surface area contributed by atoms with E-state index < -0.39 is 11.7 Å². The van der Waals surface area contributed by atoms with Crippen LogP contribution in [-0.4, -0.2) is 14.8 Å². The summed E-state index contributed by atoms with van der Waals surface area (Å²) in [6.07, 6.45) is -4.39. The highest BCUT2D eigenvalue weighted by atomic mass is 32.2. The van der Waals surface area contributed by atoms with Gasteiger partial charge in [-0.25, -0.2) is 4.39 Å². The van der Waals surface area contributed by atoms with Crippen molar-refractivity contribution >= 4 is 11.8 Å². The van der Waals surface area contributed by atoms with Crippen LogP contribution in [0.15, 0.2) is 84.0 Å². The minimum absolute atomic E-state index is 0.276. The first kappa shape index (κ1) is 20.2. The van der Waals surface area contributed by atoms with Gasteiger partial charge in [-0.15, -0.1) is 10.2 Å². The lowest BCUT2D eigenvalue weighted by molar-refractivity contribution is -0.137. The van der Waals surface area contributed by atoms with Gasteiger partial charge in [-0.1, -0.05) is 60.3 Å². The molecule has 0 saturated heterocycles. The molecule has 0 aliphatic rings. The van der Waals surface area contributed by atoms with Gasteiger partial charge in [0, 0.05) is 17.0 Å². The molecule has 1 aromatic heterocycles. The normalized spacial score (nSPS) is 11.6. The second-order valence-electron chi connectivity index (χ2n) is 6.47. The topological polar surface area (TPSA) is 30.7 Å². The molecule has 0 saturated carbocycles. The van der Waals surface area contributed by atoms with Crippen LogP contribution in [0.1, 0.15) is 11.1 Å². The van der Waals surface area contributed by atoms with E-state index in [0.717, 1.165) is 17.7 Å². The smallest absolute Gasteiger partial charge is 0.270 e. The van der Waals surface area contributed by atoms with Gasteiger partial charge in [0.15, 0.2) is 11.0 Å². The number of halogens is 4. The third kappa shape index (κ3) is 4.38. The standard InChI is InChI=1S/C22H15F4N3S/c23-18-9-11-19(12-10-18)29-20(16-6-2-1-3-7-16)27-28-21(29)30-14-15-5-4-8-17(13-15)22(24,25)26/h1-13H,14H2. The highest BCUT2D eigenvalue weighted by Gasteiger charge is 2.30. The average molecular weight is 429 g/mol. The van der Waals surface area contributed by atoms with Crippen LogP contribution in [0.25, 0.3) is 17.1 Å². The second-order valence-corrected chi connectivity index (χ2v) is 7.41. The lowest BCUT2D eigenvalue weighted by atomic mass is 10.1. The Morgan fingerprint density at radius 2 is 1.57 bits per heavy atom. The number of rotatable bonds is 5. The number of thioether (sulfide) groups is 1. The van der Waals surface area contributed by atoms with Gasteiger partial charge in [-0.05, 0) is 35.9 Å². The molecule has 0 atom stereocenters. The molecule has 1 heterocycles. The summed E-state index contributed by atoms with van der Waals surface area (Å²) < 4.78 is 54.1. The van der Waals surface area contributed by atoms with Crippen molar-refractivity contribution in [2.24, 2.45) is 0 Å². The Kier molecular flexibility index (Phi) is 5.59. The molecule has 0 spiro atoms. The predicted molar refractivity (Wildman–Crippen MR) is 108 cm³/mol. The molecular formula is C22H15F4N3S. The van der Waals surface area contributed by atoms with E-state index >= 15 is 0 Å². The van der Waals surface area contributed by atoms with Crippen LogP contribution in [0.2, 0.25) is 0 Å². The van der Waals surface area contributed by atoms with Crippen molar-refractivity contribution in [2.45, 2.75) is 17.1 Å². The summed E-state index contributed by atoms with van der Waals surface area (Å²) in [7, 11) is 0. The van der Waals surface area contributed by atoms with E-state index in [9.17, 15) is 17.6 Å². The average Bonchev–Trinajstić information content (AvgIpc) is 3.17. The van der Waals surface area contributed by atoms with E-state index in [2.05, 4.69) is 10.2 Å². The number of aromatic nitrogens is 3. The molecule has 0 radical (unpaired) electrons. The zero-order valence-electron chi connectivity index (χ0n) is 15.5. The van der Waals surface area contributed by atoms with Crippen molar-refractivity contribution in [1.29, 1.82) is 0 Å². The van der Waals surface area contributed by atoms with Crippen molar-refractivity contribution in [3.8, 4) is 17.1 Å². The van der Waals surface area contributed by atoms with E-state index in [0.29, 0.717) is 22.2 Å². The van der Waals surface area contributed by atoms with E-state index in [4.69, 9.17) is 0 Å². The van der Waals surface area contributed by atoms with Crippen molar-refractivity contribution in [3.05, 3.63) is 95.8 Å². The Morgan fingerprint density at radius 3 is 2.27 bits per heavy atom. The predicted octanol–water partition coefficient (Wildman–Crippen LogP) is 6.38. The van der Waals surface area contributed by atoms with Crippen molar-refractivity contribution < 1.29 is 17.6 Å². The molecule has 4 rings (SSSR count). The fourth-order valence-corrected chi connectivity index (χ4v) is 3.84. The Balaban J connectivity index is 1.69. The van der Waals surface area contributed by atoms with E-state index in [1.54, 1.807) is 22.8 Å². The molecule has 30 heavy (non-hydrogen) atoms. The van der Waals surface area contributed by atoms with Crippen molar-refractivity contribution in [3.63, 3.8) is 0 Å². The Labute approximate surface area is 174 Å². The molecule has 4 aromatic rings. The monoisotopic (exact) mass is 429 g/mol. The molecule has 0 fully saturated rings. The molecule has 0 bridgehead atoms. The van der Waals surface area contributed by atoms with E-state index in [1.165, 1.54) is 30.0 Å². The number of hydrogen-bond donors (Lipinski definition) is 0. The number of alkyl halides is 3. The van der Waals surface area contributed by atoms with E-state index in [1.807, 2.05) is 30.3 Å². The van der Waals surface area contributed by atoms with Crippen LogP contribution in [0.4, 0.5) is 17.6 Å². The Hall–Kier alpha value is -3.13. The maximum atomic E-state index is 13.4. The molecular weight excluding hydrogens is 414 g/mol. The number of benzene rings is 3. The summed E-state index contributed by atoms with van der Waals surface area (Å²) in [5.74, 6) is 0.470. The molecule has 0 aliphatic carbocycles. The molecule has 0 aliphatic heterocycles. The lowest BCUT2D eigenvalue weighted by Gasteiger charge is -2.11. The van der Waals surface area contributed by atoms with Crippen LogP contribution in [0.5, 0.6) is 0 Å². The highest BCUT2D eigenvalue weighted by Crippen LogP contribution is 2.33. The fraction of sp³-hybridized carbons (Fsp3) is 0.0909. The van der Waals surface area contributed by atoms with Gasteiger partial charge < -0.3 is 0 Å². The third-order valence-electron chi connectivity index (χ3n) is 4.37. The maximum absolute atomic E-state index is 13.4. The molecule has 152 valence electrons. The first-order valence-corrected chi connectivity index (χ1v) is 9.96. The van der Waals surface area contributed by atoms with Crippen molar-refractivity contribution in [2.75, 3.05) is 0 Å². The quantitative estimate of drug-likeness (QED) is 0.272. The van der Waals surface area contributed by atoms with Gasteiger partial charge in [0.25, 0.3) is 0 Å². The molecule has 3 nitrogen and oxygen atoms in total. The summed E-state index contributed by atoms with van der Waals surface area (Å²) in [6, 6.07) is 20.5. The molecule has 3 aromatic carbocycles. The summed E-state index contributed by atoms with van der Waals surface area (Å²) in [6.45, 7) is 0. The zero-order valence-corrected chi connectivity index (χ0v) is 16.3. The minimum Gasteiger partial charge on any atom is -0.270 e. The summed E-state index contributed by atoms with van der Waals surface area (Å²) in [4.78, 5) is 0. The molecule has 8 heteroatoms. The largest absolute Gasteiger partial charge is 0.416 e. The third-order valence-corrected chi connectivity index (χ3v) is 5.37. The van der Waals surface area contributed by atoms with Crippen molar-refractivity contribution in [1.82, 2.24) is 14.8 Å². The van der Waals surface area contributed by atoms with Gasteiger partial charge in [0.05, 0.1) is 5.56 Å². The van der Waals surface area contributed by atoms with Crippen LogP contribution < -0.4 is 0 Å². The first-order chi connectivity index (χ1) is 14.4. The highest BCUT2D eigenvalue weighted by molar-refractivity contribution is 7.98. The van der Waals surface area contributed by atoms with Gasteiger partial charge in [0.1, 0.15) is 5.82 Å². The summed E-state index contributed by atoms with van der Waals surface area (Å²) >= 11 is 1.26. The minimum atomic E-state index is -4.39. The lowest BCUT2D eigenvalue weighted by Crippen LogP contribution is -2.05. The van der Waals surface area contributed by atoms with Crippen LogP contribution in [0, 0.1) is 5.82 Å². The van der Waals surface area contributed by atoms with Gasteiger partial charge in [-0.3, -0.25) is 4.57 Å². The molecule has 0 N–H and O–H groups in total. The number of nitrogens with zero attached hydrogens (tertiary/aromatic N) is 3. The van der Waals surface area contributed by atoms with Gasteiger partial charge in [0.2, 0.25) is 0 Å². The zero-order chi connectivity index (χ0) is 21.1. The fourth-order valence-electron chi connectivity index (χ4n) is 2.95. The van der Waals surface area contributed by atoms with Crippen LogP contribution in [0.3, 0.4) is 0 Å². The second kappa shape index (κ2) is 8.31. The molecule has 0 unspecified atom stereocenters. The van der Waals surface area contributed by atoms with Crippen LogP contribution >= 0.6 is 11.8 Å². The molecule has 0 amide bonds. The Morgan fingerprint density at radius 1 is 0.833 bits per heavy atom. The summed E-state index contributed by atoms with van der Waals surface area (Å²) in [5, 5.41) is 9.01. The van der Waals surface area contributed by atoms with Gasteiger partial charge in [-0.2, -0.15) is 13.2 Å². The van der Waals surface area contributed by atoms with Gasteiger partial charge >= 0.3 is 6.18 Å². The van der Waals surface area contributed by atoms with E-state index in [-0.39, 0.29) is 11.6 Å². The van der Waals surface area contributed by atoms with Crippen LogP contribution in [-0.2, 0) is 11.9 Å². The SMILES string of the molecule is Fc1ccc(-n2c(SCc3cccc(C(F)(F)F)c3)nnc2-c2ccccc2)cc1. The first-order valence-electron chi connectivity index (χ1n) is 8.97. The Bertz CT molecular complexity index is 1140. The maximum Gasteiger partial charge on any atom is 0.416 e. The summed E-state index contributed by atoms with van der Waals surface area (Å²) in [5.41, 5.74) is 1.31. The number of hydrogen-bond acceptors (Lipinski definition) is 3.